The van der Waals surface area contributed by atoms with Gasteiger partial charge in [-0.3, -0.25) is 0 Å². The monoisotopic (exact) mass is 206 g/mol. The Balaban J connectivity index is 2.43. The molecule has 0 saturated heterocycles. The van der Waals surface area contributed by atoms with Crippen LogP contribution in [-0.2, 0) is 13.3 Å². The van der Waals surface area contributed by atoms with Gasteiger partial charge in [-0.2, -0.15) is 0 Å². The maximum absolute atomic E-state index is 5.66. The minimum atomic E-state index is -1.53. The number of allylic oxidation sites excluding steroid dienone is 2. The van der Waals surface area contributed by atoms with E-state index in [0.717, 1.165) is 11.5 Å². The Bertz CT molecular complexity index is 195. The van der Waals surface area contributed by atoms with E-state index >= 15 is 0 Å². The highest BCUT2D eigenvalue weighted by molar-refractivity contribution is 7.44. The van der Waals surface area contributed by atoms with Crippen LogP contribution in [0.25, 0.3) is 0 Å². The van der Waals surface area contributed by atoms with Crippen molar-refractivity contribution < 1.29 is 13.3 Å². The maximum Gasteiger partial charge on any atom is 0.451 e. The molecule has 0 aliphatic carbocycles. The van der Waals surface area contributed by atoms with Gasteiger partial charge in [0.25, 0.3) is 0 Å². The zero-order valence-corrected chi connectivity index (χ0v) is 10.1. The Hall–Kier alpha value is -0.0531. The molecule has 1 rings (SSSR count). The van der Waals surface area contributed by atoms with Gasteiger partial charge in [-0.15, -0.1) is 0 Å². The van der Waals surface area contributed by atoms with Gasteiger partial charge in [0.1, 0.15) is 11.5 Å². The molecule has 0 fully saturated rings. The summed E-state index contributed by atoms with van der Waals surface area (Å²) in [4.78, 5) is 0. The first-order chi connectivity index (χ1) is 5.38. The normalized spacial score (nSPS) is 19.4. The third-order valence-corrected chi connectivity index (χ3v) is 4.90. The van der Waals surface area contributed by atoms with Gasteiger partial charge in [-0.1, -0.05) is 0 Å². The molecular formula is C7H15O3PSi. The molecule has 0 aromatic heterocycles. The van der Waals surface area contributed by atoms with E-state index in [1.807, 2.05) is 13.8 Å². The second-order valence-corrected chi connectivity index (χ2v) is 9.49. The van der Waals surface area contributed by atoms with Crippen molar-refractivity contribution in [2.75, 3.05) is 0 Å². The Morgan fingerprint density at radius 2 is 1.50 bits per heavy atom. The van der Waals surface area contributed by atoms with E-state index in [-0.39, 0.29) is 0 Å². The van der Waals surface area contributed by atoms with E-state index in [0.29, 0.717) is 0 Å². The van der Waals surface area contributed by atoms with Crippen molar-refractivity contribution in [3.8, 4) is 0 Å². The summed E-state index contributed by atoms with van der Waals surface area (Å²) in [6.45, 7) is 10.1. The molecule has 5 heteroatoms. The van der Waals surface area contributed by atoms with Crippen LogP contribution in [0, 0.1) is 0 Å². The van der Waals surface area contributed by atoms with Crippen molar-refractivity contribution in [2.45, 2.75) is 33.5 Å². The number of rotatable bonds is 2. The molecule has 0 bridgehead atoms. The van der Waals surface area contributed by atoms with Crippen LogP contribution in [0.15, 0.2) is 11.5 Å². The summed E-state index contributed by atoms with van der Waals surface area (Å²) < 4.78 is 16.4. The van der Waals surface area contributed by atoms with Crippen LogP contribution in [0.2, 0.25) is 19.6 Å². The molecule has 3 nitrogen and oxygen atoms in total. The lowest BCUT2D eigenvalue weighted by atomic mass is 10.5. The van der Waals surface area contributed by atoms with Crippen LogP contribution in [0.4, 0.5) is 0 Å². The molecule has 12 heavy (non-hydrogen) atoms. The summed E-state index contributed by atoms with van der Waals surface area (Å²) in [5, 5.41) is 0. The fourth-order valence-corrected chi connectivity index (χ4v) is 3.46. The van der Waals surface area contributed by atoms with Crippen LogP contribution >= 0.6 is 8.60 Å². The lowest BCUT2D eigenvalue weighted by Gasteiger charge is -2.19. The van der Waals surface area contributed by atoms with Gasteiger partial charge in [0, 0.05) is 0 Å². The van der Waals surface area contributed by atoms with Gasteiger partial charge in [0.2, 0.25) is 0 Å². The van der Waals surface area contributed by atoms with Crippen molar-refractivity contribution in [1.29, 1.82) is 0 Å². The first-order valence-electron chi connectivity index (χ1n) is 3.91. The van der Waals surface area contributed by atoms with Crippen LogP contribution < -0.4 is 0 Å². The van der Waals surface area contributed by atoms with Gasteiger partial charge in [-0.05, 0) is 33.5 Å². The maximum atomic E-state index is 5.66. The molecule has 0 aromatic carbocycles. The fraction of sp³-hybridized carbons (Fsp3) is 0.714. The third-order valence-electron chi connectivity index (χ3n) is 1.27. The molecule has 70 valence electrons. The molecule has 0 amide bonds. The van der Waals surface area contributed by atoms with Crippen molar-refractivity contribution >= 4 is 16.9 Å². The lowest BCUT2D eigenvalue weighted by Crippen LogP contribution is -2.22. The van der Waals surface area contributed by atoms with E-state index in [9.17, 15) is 0 Å². The largest absolute Gasteiger partial charge is 0.451 e. The average Bonchev–Trinajstić information content (AvgIpc) is 2.07. The molecule has 1 heterocycles. The van der Waals surface area contributed by atoms with Crippen LogP contribution in [0.1, 0.15) is 13.8 Å². The molecule has 0 atom stereocenters. The van der Waals surface area contributed by atoms with E-state index in [1.165, 1.54) is 0 Å². The molecule has 0 unspecified atom stereocenters. The highest BCUT2D eigenvalue weighted by atomic mass is 31.2. The predicted molar refractivity (Wildman–Crippen MR) is 51.9 cm³/mol. The van der Waals surface area contributed by atoms with Crippen molar-refractivity contribution in [2.24, 2.45) is 0 Å². The first kappa shape index (κ1) is 10.0. The molecule has 0 saturated carbocycles. The summed E-state index contributed by atoms with van der Waals surface area (Å²) in [7, 11) is -2.65. The van der Waals surface area contributed by atoms with Crippen molar-refractivity contribution in [3.63, 3.8) is 0 Å². The minimum Gasteiger partial charge on any atom is -0.420 e. The quantitative estimate of drug-likeness (QED) is 0.512. The molecule has 1 aliphatic heterocycles. The second-order valence-electron chi connectivity index (χ2n) is 3.72. The first-order valence-corrected chi connectivity index (χ1v) is 8.41. The molecule has 0 spiro atoms. The van der Waals surface area contributed by atoms with Gasteiger partial charge < -0.3 is 13.3 Å². The number of hydrogen-bond acceptors (Lipinski definition) is 3. The summed E-state index contributed by atoms with van der Waals surface area (Å²) in [6, 6.07) is 0. The fourth-order valence-electron chi connectivity index (χ4n) is 0.632. The van der Waals surface area contributed by atoms with Gasteiger partial charge in [-0.25, -0.2) is 0 Å². The standard InChI is InChI=1S/C7H15O3PSi/c1-6-7(2)9-11(8-6)10-12(3,4)5/h1-5H3. The molecule has 0 aromatic rings. The summed E-state index contributed by atoms with van der Waals surface area (Å²) >= 11 is 0. The minimum absolute atomic E-state index is 0.847. The van der Waals surface area contributed by atoms with E-state index in [1.54, 1.807) is 0 Å². The Labute approximate surface area is 75.8 Å². The molecular weight excluding hydrogens is 191 g/mol. The third kappa shape index (κ3) is 2.77. The zero-order chi connectivity index (χ0) is 9.35. The van der Waals surface area contributed by atoms with Crippen molar-refractivity contribution in [1.82, 2.24) is 0 Å². The summed E-state index contributed by atoms with van der Waals surface area (Å²) in [5.41, 5.74) is 0. The lowest BCUT2D eigenvalue weighted by molar-refractivity contribution is 0.352. The average molecular weight is 206 g/mol. The topological polar surface area (TPSA) is 27.7 Å². The highest BCUT2D eigenvalue weighted by Crippen LogP contribution is 2.52. The van der Waals surface area contributed by atoms with Crippen LogP contribution in [-0.4, -0.2) is 8.32 Å². The van der Waals surface area contributed by atoms with Crippen molar-refractivity contribution in [3.05, 3.63) is 11.5 Å². The number of hydrogen-bond donors (Lipinski definition) is 0. The van der Waals surface area contributed by atoms with E-state index in [2.05, 4.69) is 19.6 Å². The SMILES string of the molecule is CC1=C(C)OP(O[Si](C)(C)C)O1. The summed E-state index contributed by atoms with van der Waals surface area (Å²) in [6.07, 6.45) is 0. The Morgan fingerprint density at radius 3 is 1.83 bits per heavy atom. The van der Waals surface area contributed by atoms with Crippen LogP contribution in [0.5, 0.6) is 0 Å². The molecule has 1 aliphatic rings. The predicted octanol–water partition coefficient (Wildman–Crippen LogP) is 3.36. The zero-order valence-electron chi connectivity index (χ0n) is 8.17. The Kier molecular flexibility index (Phi) is 2.81. The van der Waals surface area contributed by atoms with E-state index in [4.69, 9.17) is 13.3 Å². The summed E-state index contributed by atoms with van der Waals surface area (Å²) in [5.74, 6) is 1.69. The smallest absolute Gasteiger partial charge is 0.420 e. The Morgan fingerprint density at radius 1 is 1.08 bits per heavy atom. The van der Waals surface area contributed by atoms with Gasteiger partial charge >= 0.3 is 8.60 Å². The van der Waals surface area contributed by atoms with Gasteiger partial charge in [0.05, 0.1) is 0 Å². The molecule has 0 N–H and O–H groups in total. The van der Waals surface area contributed by atoms with E-state index < -0.39 is 16.9 Å². The van der Waals surface area contributed by atoms with Crippen LogP contribution in [0.3, 0.4) is 0 Å². The second kappa shape index (κ2) is 3.36. The molecule has 0 radical (unpaired) electrons. The highest BCUT2D eigenvalue weighted by Gasteiger charge is 2.31. The van der Waals surface area contributed by atoms with Gasteiger partial charge in [0.15, 0.2) is 8.32 Å².